The average molecular weight is 277 g/mol. The van der Waals surface area contributed by atoms with Crippen LogP contribution in [0.1, 0.15) is 31.2 Å². The minimum absolute atomic E-state index is 0.121. The second-order valence-corrected chi connectivity index (χ2v) is 4.04. The maximum Gasteiger partial charge on any atom is 0.513 e. The molecular formula is C14H15NO5. The summed E-state index contributed by atoms with van der Waals surface area (Å²) in [6.45, 7) is 0.189. The first-order valence-corrected chi connectivity index (χ1v) is 6.18. The summed E-state index contributed by atoms with van der Waals surface area (Å²) in [4.78, 5) is 21.6. The Morgan fingerprint density at radius 1 is 1.15 bits per heavy atom. The summed E-state index contributed by atoms with van der Waals surface area (Å²) >= 11 is 0. The molecule has 0 aliphatic heterocycles. The molecule has 6 heteroatoms. The van der Waals surface area contributed by atoms with Crippen LogP contribution >= 0.6 is 0 Å². The highest BCUT2D eigenvalue weighted by Crippen LogP contribution is 2.12. The lowest BCUT2D eigenvalue weighted by molar-refractivity contribution is -0.137. The van der Waals surface area contributed by atoms with Crippen molar-refractivity contribution < 1.29 is 24.2 Å². The zero-order valence-electron chi connectivity index (χ0n) is 10.9. The Balaban J connectivity index is 2.17. The molecule has 0 aliphatic rings. The van der Waals surface area contributed by atoms with Crippen molar-refractivity contribution in [3.8, 4) is 11.8 Å². The lowest BCUT2D eigenvalue weighted by Gasteiger charge is -2.05. The molecule has 0 aliphatic carbocycles. The highest BCUT2D eigenvalue weighted by atomic mass is 16.7. The zero-order valence-corrected chi connectivity index (χ0v) is 10.9. The third-order valence-corrected chi connectivity index (χ3v) is 2.44. The van der Waals surface area contributed by atoms with Crippen molar-refractivity contribution in [3.05, 3.63) is 29.8 Å². The van der Waals surface area contributed by atoms with Gasteiger partial charge in [-0.3, -0.25) is 4.79 Å². The number of unbranched alkanes of at least 4 members (excludes halogenated alkanes) is 2. The third-order valence-electron chi connectivity index (χ3n) is 2.44. The first-order chi connectivity index (χ1) is 9.61. The monoisotopic (exact) mass is 277 g/mol. The number of hydrogen-bond donors (Lipinski definition) is 1. The fourth-order valence-corrected chi connectivity index (χ4v) is 1.43. The molecule has 0 unspecified atom stereocenters. The van der Waals surface area contributed by atoms with Gasteiger partial charge >= 0.3 is 12.1 Å². The van der Waals surface area contributed by atoms with Crippen LogP contribution in [0.3, 0.4) is 0 Å². The van der Waals surface area contributed by atoms with Crippen molar-refractivity contribution in [1.29, 1.82) is 5.26 Å². The van der Waals surface area contributed by atoms with E-state index in [-0.39, 0.29) is 13.0 Å². The van der Waals surface area contributed by atoms with E-state index in [1.54, 1.807) is 0 Å². The van der Waals surface area contributed by atoms with Crippen LogP contribution in [0.5, 0.6) is 5.75 Å². The second kappa shape index (κ2) is 8.53. The van der Waals surface area contributed by atoms with E-state index in [9.17, 15) is 9.59 Å². The van der Waals surface area contributed by atoms with E-state index < -0.39 is 12.1 Å². The number of carboxylic acid groups (broad SMARTS) is 1. The molecule has 1 rings (SSSR count). The van der Waals surface area contributed by atoms with Crippen LogP contribution in [0.2, 0.25) is 0 Å². The van der Waals surface area contributed by atoms with Crippen LogP contribution in [-0.2, 0) is 9.53 Å². The molecular weight excluding hydrogens is 262 g/mol. The normalized spacial score (nSPS) is 9.55. The highest BCUT2D eigenvalue weighted by molar-refractivity contribution is 5.66. The molecule has 0 bridgehead atoms. The number of hydrogen-bond acceptors (Lipinski definition) is 5. The summed E-state index contributed by atoms with van der Waals surface area (Å²) < 4.78 is 9.73. The summed E-state index contributed by atoms with van der Waals surface area (Å²) in [6, 6.07) is 8.04. The predicted octanol–water partition coefficient (Wildman–Crippen LogP) is 2.72. The molecule has 106 valence electrons. The standard InChI is InChI=1S/C14H15NO5/c15-10-11-5-7-12(8-6-11)20-14(18)19-9-3-1-2-4-13(16)17/h5-8H,1-4,9H2,(H,16,17). The number of carbonyl (C=O) groups is 2. The third kappa shape index (κ3) is 6.40. The van der Waals surface area contributed by atoms with Gasteiger partial charge in [0.2, 0.25) is 0 Å². The van der Waals surface area contributed by atoms with Crippen LogP contribution in [0.4, 0.5) is 4.79 Å². The van der Waals surface area contributed by atoms with Crippen LogP contribution in [0, 0.1) is 11.3 Å². The molecule has 0 saturated heterocycles. The van der Waals surface area contributed by atoms with Gasteiger partial charge in [0.25, 0.3) is 0 Å². The van der Waals surface area contributed by atoms with Crippen LogP contribution < -0.4 is 4.74 Å². The number of benzene rings is 1. The van der Waals surface area contributed by atoms with Gasteiger partial charge in [0, 0.05) is 6.42 Å². The van der Waals surface area contributed by atoms with Gasteiger partial charge in [-0.05, 0) is 43.5 Å². The number of carbonyl (C=O) groups excluding carboxylic acids is 1. The molecule has 1 N–H and O–H groups in total. The van der Waals surface area contributed by atoms with E-state index in [4.69, 9.17) is 19.8 Å². The van der Waals surface area contributed by atoms with E-state index in [0.717, 1.165) is 0 Å². The minimum Gasteiger partial charge on any atom is -0.481 e. The molecule has 0 aromatic heterocycles. The van der Waals surface area contributed by atoms with Crippen molar-refractivity contribution >= 4 is 12.1 Å². The van der Waals surface area contributed by atoms with Crippen LogP contribution in [-0.4, -0.2) is 23.8 Å². The van der Waals surface area contributed by atoms with Gasteiger partial charge in [0.1, 0.15) is 5.75 Å². The van der Waals surface area contributed by atoms with E-state index in [1.165, 1.54) is 24.3 Å². The molecule has 6 nitrogen and oxygen atoms in total. The summed E-state index contributed by atoms with van der Waals surface area (Å²) in [5, 5.41) is 17.0. The van der Waals surface area contributed by atoms with Crippen molar-refractivity contribution in [2.75, 3.05) is 6.61 Å². The van der Waals surface area contributed by atoms with Crippen LogP contribution in [0.15, 0.2) is 24.3 Å². The SMILES string of the molecule is N#Cc1ccc(OC(=O)OCCCCCC(=O)O)cc1. The largest absolute Gasteiger partial charge is 0.513 e. The number of nitrogens with zero attached hydrogens (tertiary/aromatic N) is 1. The lowest BCUT2D eigenvalue weighted by Crippen LogP contribution is -2.11. The molecule has 1 aromatic carbocycles. The fraction of sp³-hybridized carbons (Fsp3) is 0.357. The number of aliphatic carboxylic acids is 1. The van der Waals surface area contributed by atoms with Gasteiger partial charge in [-0.1, -0.05) is 0 Å². The molecule has 0 fully saturated rings. The van der Waals surface area contributed by atoms with Gasteiger partial charge in [0.05, 0.1) is 18.2 Å². The summed E-state index contributed by atoms with van der Waals surface area (Å²) in [7, 11) is 0. The molecule has 0 radical (unpaired) electrons. The fourth-order valence-electron chi connectivity index (χ4n) is 1.43. The highest BCUT2D eigenvalue weighted by Gasteiger charge is 2.06. The number of nitriles is 1. The first-order valence-electron chi connectivity index (χ1n) is 6.18. The number of carboxylic acids is 1. The topological polar surface area (TPSA) is 96.6 Å². The van der Waals surface area contributed by atoms with E-state index in [0.29, 0.717) is 30.6 Å². The predicted molar refractivity (Wildman–Crippen MR) is 69.2 cm³/mol. The molecule has 0 spiro atoms. The smallest absolute Gasteiger partial charge is 0.481 e. The first kappa shape index (κ1) is 15.5. The van der Waals surface area contributed by atoms with Crippen molar-refractivity contribution in [3.63, 3.8) is 0 Å². The average Bonchev–Trinajstić information content (AvgIpc) is 2.43. The zero-order chi connectivity index (χ0) is 14.8. The van der Waals surface area contributed by atoms with Crippen LogP contribution in [0.25, 0.3) is 0 Å². The van der Waals surface area contributed by atoms with Crippen molar-refractivity contribution in [1.82, 2.24) is 0 Å². The van der Waals surface area contributed by atoms with Crippen molar-refractivity contribution in [2.45, 2.75) is 25.7 Å². The minimum atomic E-state index is -0.828. The Labute approximate surface area is 116 Å². The Kier molecular flexibility index (Phi) is 6.62. The lowest BCUT2D eigenvalue weighted by atomic mass is 10.2. The number of ether oxygens (including phenoxy) is 2. The Hall–Kier alpha value is -2.55. The summed E-state index contributed by atoms with van der Waals surface area (Å²) in [5.41, 5.74) is 0.476. The molecule has 20 heavy (non-hydrogen) atoms. The Morgan fingerprint density at radius 2 is 1.85 bits per heavy atom. The van der Waals surface area contributed by atoms with Gasteiger partial charge in [-0.25, -0.2) is 4.79 Å². The molecule has 1 aromatic rings. The van der Waals surface area contributed by atoms with Crippen molar-refractivity contribution in [2.24, 2.45) is 0 Å². The van der Waals surface area contributed by atoms with Gasteiger partial charge in [-0.15, -0.1) is 0 Å². The van der Waals surface area contributed by atoms with Gasteiger partial charge in [-0.2, -0.15) is 5.26 Å². The molecule has 0 atom stereocenters. The second-order valence-electron chi connectivity index (χ2n) is 4.04. The summed E-state index contributed by atoms with van der Waals surface area (Å²) in [5.74, 6) is -0.522. The van der Waals surface area contributed by atoms with Gasteiger partial charge in [0.15, 0.2) is 0 Å². The molecule has 0 saturated carbocycles. The van der Waals surface area contributed by atoms with Gasteiger partial charge < -0.3 is 14.6 Å². The molecule has 0 heterocycles. The number of rotatable bonds is 7. The van der Waals surface area contributed by atoms with E-state index in [1.807, 2.05) is 6.07 Å². The van der Waals surface area contributed by atoms with E-state index in [2.05, 4.69) is 0 Å². The Bertz CT molecular complexity index is 489. The molecule has 0 amide bonds. The van der Waals surface area contributed by atoms with E-state index >= 15 is 0 Å². The Morgan fingerprint density at radius 3 is 2.45 bits per heavy atom. The summed E-state index contributed by atoms with van der Waals surface area (Å²) in [6.07, 6.45) is 1.14. The maximum atomic E-state index is 11.3. The maximum absolute atomic E-state index is 11.3. The quantitative estimate of drug-likeness (QED) is 0.467.